The highest BCUT2D eigenvalue weighted by Crippen LogP contribution is 2.24. The first kappa shape index (κ1) is 18.4. The molecule has 0 aromatic heterocycles. The minimum Gasteiger partial charge on any atom is -0.324 e. The molecule has 0 spiro atoms. The van der Waals surface area contributed by atoms with Crippen molar-refractivity contribution in [3.05, 3.63) is 59.7 Å². The van der Waals surface area contributed by atoms with E-state index in [0.29, 0.717) is 6.07 Å². The Morgan fingerprint density at radius 3 is 2.20 bits per heavy atom. The number of para-hydroxylation sites is 1. The number of hydrogen-bond donors (Lipinski definition) is 1. The molecule has 0 fully saturated rings. The number of amides is 2. The predicted molar refractivity (Wildman–Crippen MR) is 84.0 cm³/mol. The Bertz CT molecular complexity index is 791. The molecule has 8 heteroatoms. The van der Waals surface area contributed by atoms with Crippen molar-refractivity contribution >= 4 is 23.2 Å². The lowest BCUT2D eigenvalue weighted by molar-refractivity contribution is -0.117. The second-order valence-electron chi connectivity index (χ2n) is 5.16. The quantitative estimate of drug-likeness (QED) is 0.834. The smallest absolute Gasteiger partial charge is 0.226 e. The third kappa shape index (κ3) is 4.56. The molecule has 25 heavy (non-hydrogen) atoms. The highest BCUT2D eigenvalue weighted by molar-refractivity contribution is 5.95. The molecule has 0 aliphatic heterocycles. The lowest BCUT2D eigenvalue weighted by atomic mass is 10.2. The van der Waals surface area contributed by atoms with Gasteiger partial charge in [-0.1, -0.05) is 6.07 Å². The van der Waals surface area contributed by atoms with Crippen LogP contribution < -0.4 is 10.2 Å². The summed E-state index contributed by atoms with van der Waals surface area (Å²) in [5.41, 5.74) is -0.798. The largest absolute Gasteiger partial charge is 0.324 e. The molecule has 0 heterocycles. The molecule has 2 rings (SSSR count). The Morgan fingerprint density at radius 1 is 1.00 bits per heavy atom. The number of carbonyl (C=O) groups excluding carboxylic acids is 2. The van der Waals surface area contributed by atoms with E-state index in [4.69, 9.17) is 0 Å². The average Bonchev–Trinajstić information content (AvgIpc) is 2.52. The SMILES string of the molecule is CC(=O)N(CCC(=O)Nc1ccc(F)cc1F)c1c(F)cccc1F. The van der Waals surface area contributed by atoms with E-state index in [0.717, 1.165) is 42.2 Å². The Balaban J connectivity index is 2.09. The summed E-state index contributed by atoms with van der Waals surface area (Å²) < 4.78 is 53.9. The van der Waals surface area contributed by atoms with E-state index < -0.39 is 40.8 Å². The van der Waals surface area contributed by atoms with E-state index in [1.807, 2.05) is 0 Å². The molecule has 132 valence electrons. The molecule has 0 saturated heterocycles. The van der Waals surface area contributed by atoms with Crippen molar-refractivity contribution in [1.29, 1.82) is 0 Å². The van der Waals surface area contributed by atoms with Crippen molar-refractivity contribution in [2.24, 2.45) is 0 Å². The molecular formula is C17H14F4N2O2. The standard InChI is InChI=1S/C17H14F4N2O2/c1-10(24)23(17-12(19)3-2-4-13(17)20)8-7-16(25)22-15-6-5-11(18)9-14(15)21/h2-6,9H,7-8H2,1H3,(H,22,25). The zero-order chi connectivity index (χ0) is 18.6. The van der Waals surface area contributed by atoms with Gasteiger partial charge < -0.3 is 10.2 Å². The Kier molecular flexibility index (Phi) is 5.74. The van der Waals surface area contributed by atoms with Gasteiger partial charge >= 0.3 is 0 Å². The van der Waals surface area contributed by atoms with Crippen molar-refractivity contribution in [2.75, 3.05) is 16.8 Å². The van der Waals surface area contributed by atoms with E-state index in [1.165, 1.54) is 0 Å². The topological polar surface area (TPSA) is 49.4 Å². The number of rotatable bonds is 5. The predicted octanol–water partition coefficient (Wildman–Crippen LogP) is 3.62. The third-order valence-electron chi connectivity index (χ3n) is 3.36. The summed E-state index contributed by atoms with van der Waals surface area (Å²) in [5, 5.41) is 2.21. The monoisotopic (exact) mass is 354 g/mol. The van der Waals surface area contributed by atoms with Gasteiger partial charge in [-0.05, 0) is 24.3 Å². The van der Waals surface area contributed by atoms with Crippen molar-refractivity contribution in [1.82, 2.24) is 0 Å². The first-order valence-electron chi connectivity index (χ1n) is 7.26. The van der Waals surface area contributed by atoms with Crippen LogP contribution in [0.2, 0.25) is 0 Å². The molecule has 4 nitrogen and oxygen atoms in total. The van der Waals surface area contributed by atoms with Gasteiger partial charge in [0.1, 0.15) is 29.0 Å². The second kappa shape index (κ2) is 7.78. The van der Waals surface area contributed by atoms with Gasteiger partial charge in [-0.2, -0.15) is 0 Å². The molecule has 0 unspecified atom stereocenters. The summed E-state index contributed by atoms with van der Waals surface area (Å²) in [6, 6.07) is 5.74. The average molecular weight is 354 g/mol. The van der Waals surface area contributed by atoms with Gasteiger partial charge in [0.2, 0.25) is 11.8 Å². The lowest BCUT2D eigenvalue weighted by Gasteiger charge is -2.22. The first-order valence-corrected chi connectivity index (χ1v) is 7.26. The van der Waals surface area contributed by atoms with Gasteiger partial charge in [-0.3, -0.25) is 9.59 Å². The van der Waals surface area contributed by atoms with Gasteiger partial charge in [0.05, 0.1) is 5.69 Å². The summed E-state index contributed by atoms with van der Waals surface area (Å²) >= 11 is 0. The number of hydrogen-bond acceptors (Lipinski definition) is 2. The van der Waals surface area contributed by atoms with Crippen molar-refractivity contribution in [2.45, 2.75) is 13.3 Å². The minimum absolute atomic E-state index is 0.238. The summed E-state index contributed by atoms with van der Waals surface area (Å²) in [7, 11) is 0. The molecule has 2 aromatic rings. The molecule has 1 N–H and O–H groups in total. The Hall–Kier alpha value is -2.90. The summed E-state index contributed by atoms with van der Waals surface area (Å²) in [6.07, 6.45) is -0.343. The molecule has 0 bridgehead atoms. The summed E-state index contributed by atoms with van der Waals surface area (Å²) in [5.74, 6) is -5.01. The number of halogens is 4. The van der Waals surface area contributed by atoms with Gasteiger partial charge in [-0.25, -0.2) is 17.6 Å². The minimum atomic E-state index is -0.961. The number of anilines is 2. The molecule has 0 saturated carbocycles. The zero-order valence-electron chi connectivity index (χ0n) is 13.2. The molecule has 0 radical (unpaired) electrons. The fraction of sp³-hybridized carbons (Fsp3) is 0.176. The second-order valence-corrected chi connectivity index (χ2v) is 5.16. The van der Waals surface area contributed by atoms with Crippen LogP contribution in [0.4, 0.5) is 28.9 Å². The van der Waals surface area contributed by atoms with E-state index >= 15 is 0 Å². The molecule has 0 aliphatic rings. The molecule has 2 amide bonds. The summed E-state index contributed by atoms with van der Waals surface area (Å²) in [6.45, 7) is 0.783. The van der Waals surface area contributed by atoms with Crippen LogP contribution in [0.15, 0.2) is 36.4 Å². The highest BCUT2D eigenvalue weighted by atomic mass is 19.1. The number of nitrogens with one attached hydrogen (secondary N) is 1. The van der Waals surface area contributed by atoms with Crippen LogP contribution in [0.5, 0.6) is 0 Å². The van der Waals surface area contributed by atoms with Crippen molar-refractivity contribution < 1.29 is 27.2 Å². The Labute approximate surface area is 141 Å². The van der Waals surface area contributed by atoms with Gasteiger partial charge in [0, 0.05) is 26.0 Å². The normalized spacial score (nSPS) is 10.4. The molecule has 0 atom stereocenters. The number of carbonyl (C=O) groups is 2. The van der Waals surface area contributed by atoms with Crippen LogP contribution in [-0.4, -0.2) is 18.4 Å². The van der Waals surface area contributed by atoms with Crippen molar-refractivity contribution in [3.63, 3.8) is 0 Å². The van der Waals surface area contributed by atoms with Crippen molar-refractivity contribution in [3.8, 4) is 0 Å². The summed E-state index contributed by atoms with van der Waals surface area (Å²) in [4.78, 5) is 24.3. The highest BCUT2D eigenvalue weighted by Gasteiger charge is 2.21. The molecular weight excluding hydrogens is 340 g/mol. The van der Waals surface area contributed by atoms with Crippen LogP contribution in [0.1, 0.15) is 13.3 Å². The fourth-order valence-corrected chi connectivity index (χ4v) is 2.19. The van der Waals surface area contributed by atoms with Crippen LogP contribution in [0.25, 0.3) is 0 Å². The van der Waals surface area contributed by atoms with Crippen LogP contribution in [-0.2, 0) is 9.59 Å². The number of nitrogens with zero attached hydrogens (tertiary/aromatic N) is 1. The van der Waals surface area contributed by atoms with Gasteiger partial charge in [0.25, 0.3) is 0 Å². The lowest BCUT2D eigenvalue weighted by Crippen LogP contribution is -2.33. The van der Waals surface area contributed by atoms with Crippen LogP contribution >= 0.6 is 0 Å². The van der Waals surface area contributed by atoms with E-state index in [1.54, 1.807) is 0 Å². The fourth-order valence-electron chi connectivity index (χ4n) is 2.19. The number of benzene rings is 2. The zero-order valence-corrected chi connectivity index (χ0v) is 13.2. The molecule has 0 aliphatic carbocycles. The maximum absolute atomic E-state index is 13.8. The van der Waals surface area contributed by atoms with E-state index in [2.05, 4.69) is 5.32 Å². The first-order chi connectivity index (χ1) is 11.8. The maximum atomic E-state index is 13.8. The third-order valence-corrected chi connectivity index (χ3v) is 3.36. The Morgan fingerprint density at radius 2 is 1.64 bits per heavy atom. The van der Waals surface area contributed by atoms with E-state index in [-0.39, 0.29) is 18.7 Å². The molecule has 2 aromatic carbocycles. The van der Waals surface area contributed by atoms with Crippen LogP contribution in [0, 0.1) is 23.3 Å². The van der Waals surface area contributed by atoms with E-state index in [9.17, 15) is 27.2 Å². The maximum Gasteiger partial charge on any atom is 0.226 e. The van der Waals surface area contributed by atoms with Gasteiger partial charge in [0.15, 0.2) is 0 Å². The van der Waals surface area contributed by atoms with Gasteiger partial charge in [-0.15, -0.1) is 0 Å². The van der Waals surface area contributed by atoms with Crippen LogP contribution in [0.3, 0.4) is 0 Å².